The minimum Gasteiger partial charge on any atom is -0.370 e. The second-order valence-corrected chi connectivity index (χ2v) is 3.48. The standard InChI is InChI=1S/C8H19N5.ClH/c1-5(2)13(6(3)4)8(11)12-7(9)10;/h5-6H,1-4H3,(H5,9,10,11,12);1H. The summed E-state index contributed by atoms with van der Waals surface area (Å²) in [5.74, 6) is -0.0196. The zero-order chi connectivity index (χ0) is 10.6. The number of hydrogen-bond donors (Lipinski definition) is 4. The van der Waals surface area contributed by atoms with E-state index >= 15 is 0 Å². The average molecular weight is 222 g/mol. The van der Waals surface area contributed by atoms with Crippen LogP contribution in [0, 0.1) is 10.8 Å². The summed E-state index contributed by atoms with van der Waals surface area (Å²) in [4.78, 5) is 1.85. The molecular formula is C8H20ClN5. The first-order chi connectivity index (χ1) is 5.86. The van der Waals surface area contributed by atoms with Crippen molar-refractivity contribution in [3.05, 3.63) is 0 Å². The Hall–Kier alpha value is -0.970. The normalized spacial score (nSPS) is 9.57. The van der Waals surface area contributed by atoms with E-state index in [2.05, 4.69) is 5.32 Å². The summed E-state index contributed by atoms with van der Waals surface area (Å²) in [7, 11) is 0. The molecule has 0 aliphatic carbocycles. The van der Waals surface area contributed by atoms with E-state index in [1.165, 1.54) is 0 Å². The molecule has 0 radical (unpaired) electrons. The lowest BCUT2D eigenvalue weighted by molar-refractivity contribution is 0.284. The molecule has 84 valence electrons. The van der Waals surface area contributed by atoms with Gasteiger partial charge in [-0.25, -0.2) is 0 Å². The molecule has 0 spiro atoms. The van der Waals surface area contributed by atoms with E-state index in [1.807, 2.05) is 32.6 Å². The number of nitrogens with one attached hydrogen (secondary N) is 3. The minimum atomic E-state index is -0.198. The predicted octanol–water partition coefficient (Wildman–Crippen LogP) is 0.945. The minimum absolute atomic E-state index is 0. The van der Waals surface area contributed by atoms with Crippen LogP contribution in [-0.2, 0) is 0 Å². The van der Waals surface area contributed by atoms with E-state index in [1.54, 1.807) is 0 Å². The molecule has 0 saturated carbocycles. The summed E-state index contributed by atoms with van der Waals surface area (Å²) >= 11 is 0. The van der Waals surface area contributed by atoms with Gasteiger partial charge in [0.15, 0.2) is 11.9 Å². The highest BCUT2D eigenvalue weighted by molar-refractivity contribution is 5.95. The van der Waals surface area contributed by atoms with E-state index in [0.29, 0.717) is 0 Å². The van der Waals surface area contributed by atoms with Crippen molar-refractivity contribution < 1.29 is 0 Å². The zero-order valence-electron chi connectivity index (χ0n) is 9.09. The van der Waals surface area contributed by atoms with Gasteiger partial charge in [0.2, 0.25) is 0 Å². The Labute approximate surface area is 91.5 Å². The van der Waals surface area contributed by atoms with Crippen molar-refractivity contribution in [3.8, 4) is 0 Å². The molecule has 0 rings (SSSR count). The van der Waals surface area contributed by atoms with E-state index in [9.17, 15) is 0 Å². The summed E-state index contributed by atoms with van der Waals surface area (Å²) in [5, 5.41) is 17.1. The molecule has 0 unspecified atom stereocenters. The predicted molar refractivity (Wildman–Crippen MR) is 62.1 cm³/mol. The topological polar surface area (TPSA) is 89.0 Å². The number of halogens is 1. The van der Waals surface area contributed by atoms with Gasteiger partial charge in [-0.1, -0.05) is 0 Å². The number of hydrogen-bond acceptors (Lipinski definition) is 2. The fourth-order valence-corrected chi connectivity index (χ4v) is 1.30. The highest BCUT2D eigenvalue weighted by Crippen LogP contribution is 2.03. The van der Waals surface area contributed by atoms with Gasteiger partial charge in [0.05, 0.1) is 0 Å². The molecule has 0 heterocycles. The van der Waals surface area contributed by atoms with Gasteiger partial charge in [-0.2, -0.15) is 0 Å². The maximum absolute atomic E-state index is 7.63. The van der Waals surface area contributed by atoms with Crippen LogP contribution in [0.3, 0.4) is 0 Å². The van der Waals surface area contributed by atoms with Gasteiger partial charge in [-0.15, -0.1) is 12.4 Å². The van der Waals surface area contributed by atoms with E-state index < -0.39 is 0 Å². The largest absolute Gasteiger partial charge is 0.370 e. The van der Waals surface area contributed by atoms with Gasteiger partial charge in [0.25, 0.3) is 0 Å². The summed E-state index contributed by atoms with van der Waals surface area (Å²) in [6, 6.07) is 0.443. The molecule has 0 aromatic rings. The molecule has 5 nitrogen and oxygen atoms in total. The van der Waals surface area contributed by atoms with Crippen LogP contribution in [-0.4, -0.2) is 28.9 Å². The molecule has 0 fully saturated rings. The molecule has 0 aliphatic rings. The summed E-state index contributed by atoms with van der Waals surface area (Å²) in [5.41, 5.74) is 5.14. The molecule has 0 amide bonds. The lowest BCUT2D eigenvalue weighted by Crippen LogP contribution is -2.51. The number of nitrogens with zero attached hydrogens (tertiary/aromatic N) is 1. The van der Waals surface area contributed by atoms with Crippen molar-refractivity contribution in [2.24, 2.45) is 5.73 Å². The first-order valence-corrected chi connectivity index (χ1v) is 4.34. The Morgan fingerprint density at radius 1 is 1.14 bits per heavy atom. The Kier molecular flexibility index (Phi) is 7.17. The maximum atomic E-state index is 7.63. The smallest absolute Gasteiger partial charge is 0.198 e. The van der Waals surface area contributed by atoms with Crippen LogP contribution in [0.1, 0.15) is 27.7 Å². The lowest BCUT2D eigenvalue weighted by Gasteiger charge is -2.32. The van der Waals surface area contributed by atoms with E-state index in [4.69, 9.17) is 16.6 Å². The first-order valence-electron chi connectivity index (χ1n) is 4.34. The Morgan fingerprint density at radius 3 is 1.71 bits per heavy atom. The maximum Gasteiger partial charge on any atom is 0.198 e. The van der Waals surface area contributed by atoms with Crippen LogP contribution in [0.25, 0.3) is 0 Å². The third-order valence-electron chi connectivity index (χ3n) is 1.62. The average Bonchev–Trinajstić information content (AvgIpc) is 1.81. The van der Waals surface area contributed by atoms with Gasteiger partial charge in [-0.05, 0) is 27.7 Å². The third-order valence-corrected chi connectivity index (χ3v) is 1.62. The van der Waals surface area contributed by atoms with Crippen molar-refractivity contribution in [1.29, 1.82) is 10.8 Å². The van der Waals surface area contributed by atoms with Gasteiger partial charge >= 0.3 is 0 Å². The number of rotatable bonds is 2. The molecular weight excluding hydrogens is 202 g/mol. The van der Waals surface area contributed by atoms with Gasteiger partial charge in [-0.3, -0.25) is 16.1 Å². The molecule has 0 aromatic carbocycles. The van der Waals surface area contributed by atoms with Gasteiger partial charge in [0.1, 0.15) is 0 Å². The molecule has 0 bridgehead atoms. The Bertz CT molecular complexity index is 194. The van der Waals surface area contributed by atoms with Crippen molar-refractivity contribution in [1.82, 2.24) is 10.2 Å². The van der Waals surface area contributed by atoms with Crippen LogP contribution >= 0.6 is 12.4 Å². The molecule has 0 aliphatic heterocycles. The quantitative estimate of drug-likeness (QED) is 0.414. The van der Waals surface area contributed by atoms with Crippen LogP contribution in [0.15, 0.2) is 0 Å². The van der Waals surface area contributed by atoms with Gasteiger partial charge in [0, 0.05) is 12.1 Å². The molecule has 5 N–H and O–H groups in total. The fourth-order valence-electron chi connectivity index (χ4n) is 1.30. The summed E-state index contributed by atoms with van der Waals surface area (Å²) < 4.78 is 0. The Balaban J connectivity index is 0. The van der Waals surface area contributed by atoms with Crippen molar-refractivity contribution in [2.45, 2.75) is 39.8 Å². The molecule has 14 heavy (non-hydrogen) atoms. The Morgan fingerprint density at radius 2 is 1.50 bits per heavy atom. The van der Waals surface area contributed by atoms with Crippen LogP contribution in [0.2, 0.25) is 0 Å². The monoisotopic (exact) mass is 221 g/mol. The van der Waals surface area contributed by atoms with E-state index in [0.717, 1.165) is 0 Å². The third kappa shape index (κ3) is 4.91. The van der Waals surface area contributed by atoms with Crippen molar-refractivity contribution in [3.63, 3.8) is 0 Å². The molecule has 0 atom stereocenters. The summed E-state index contributed by atoms with van der Waals surface area (Å²) in [6.45, 7) is 7.99. The second kappa shape index (κ2) is 6.48. The highest BCUT2D eigenvalue weighted by atomic mass is 35.5. The van der Waals surface area contributed by atoms with E-state index in [-0.39, 0.29) is 36.4 Å². The lowest BCUT2D eigenvalue weighted by atomic mass is 10.2. The zero-order valence-corrected chi connectivity index (χ0v) is 9.90. The van der Waals surface area contributed by atoms with Crippen LogP contribution in [0.5, 0.6) is 0 Å². The fraction of sp³-hybridized carbons (Fsp3) is 0.750. The summed E-state index contributed by atoms with van der Waals surface area (Å²) in [6.07, 6.45) is 0. The number of nitrogens with two attached hydrogens (primary N) is 1. The van der Waals surface area contributed by atoms with Crippen molar-refractivity contribution >= 4 is 24.3 Å². The molecule has 0 saturated heterocycles. The molecule has 0 aromatic heterocycles. The van der Waals surface area contributed by atoms with Crippen LogP contribution in [0.4, 0.5) is 0 Å². The van der Waals surface area contributed by atoms with Gasteiger partial charge < -0.3 is 10.6 Å². The first kappa shape index (κ1) is 15.5. The SMILES string of the molecule is CC(C)N(C(=N)NC(=N)N)C(C)C.Cl. The highest BCUT2D eigenvalue weighted by Gasteiger charge is 2.16. The second-order valence-electron chi connectivity index (χ2n) is 3.48. The number of guanidine groups is 2. The van der Waals surface area contributed by atoms with Crippen molar-refractivity contribution in [2.75, 3.05) is 0 Å². The van der Waals surface area contributed by atoms with Crippen LogP contribution < -0.4 is 11.1 Å². The molecule has 6 heteroatoms.